The summed E-state index contributed by atoms with van der Waals surface area (Å²) in [5, 5.41) is 19.0. The number of anilines is 2. The van der Waals surface area contributed by atoms with E-state index in [1.54, 1.807) is 18.3 Å². The Bertz CT molecular complexity index is 933. The highest BCUT2D eigenvalue weighted by molar-refractivity contribution is 6.01. The lowest BCUT2D eigenvalue weighted by Crippen LogP contribution is -2.55. The van der Waals surface area contributed by atoms with Gasteiger partial charge in [-0.3, -0.25) is 9.59 Å². The summed E-state index contributed by atoms with van der Waals surface area (Å²) in [4.78, 5) is 30.5. The van der Waals surface area contributed by atoms with Crippen LogP contribution in [0.1, 0.15) is 44.5 Å². The molecule has 1 unspecified atom stereocenters. The first-order valence-electron chi connectivity index (χ1n) is 10.9. The van der Waals surface area contributed by atoms with Crippen LogP contribution in [0.5, 0.6) is 0 Å². The number of benzene rings is 1. The largest absolute Gasteiger partial charge is 0.366 e. The molecule has 32 heavy (non-hydrogen) atoms. The molecule has 2 aromatic rings. The maximum Gasteiger partial charge on any atom is 0.255 e. The van der Waals surface area contributed by atoms with Gasteiger partial charge >= 0.3 is 0 Å². The number of hydrogen-bond donors (Lipinski definition) is 4. The summed E-state index contributed by atoms with van der Waals surface area (Å²) in [6.45, 7) is 8.14. The Morgan fingerprint density at radius 1 is 1.19 bits per heavy atom. The summed E-state index contributed by atoms with van der Waals surface area (Å²) in [7, 11) is 0. The Kier molecular flexibility index (Phi) is 7.48. The summed E-state index contributed by atoms with van der Waals surface area (Å²) in [6.07, 6.45) is 0.970. The first-order valence-corrected chi connectivity index (χ1v) is 10.9. The first-order chi connectivity index (χ1) is 15.2. The zero-order chi connectivity index (χ0) is 23.3. The molecule has 0 bridgehead atoms. The molecule has 1 aromatic heterocycles. The topological polar surface area (TPSA) is 113 Å². The Balaban J connectivity index is 1.76. The molecule has 8 heteroatoms. The molecule has 3 atom stereocenters. The van der Waals surface area contributed by atoms with Crippen LogP contribution < -0.4 is 16.0 Å². The van der Waals surface area contributed by atoms with Crippen molar-refractivity contribution in [2.75, 3.05) is 11.9 Å². The fourth-order valence-corrected chi connectivity index (χ4v) is 3.68. The van der Waals surface area contributed by atoms with Gasteiger partial charge in [0.15, 0.2) is 6.29 Å². The predicted molar refractivity (Wildman–Crippen MR) is 122 cm³/mol. The number of rotatable bonds is 8. The van der Waals surface area contributed by atoms with Crippen molar-refractivity contribution >= 4 is 23.3 Å². The summed E-state index contributed by atoms with van der Waals surface area (Å²) >= 11 is 0. The molecule has 0 spiro atoms. The third-order valence-electron chi connectivity index (χ3n) is 5.47. The van der Waals surface area contributed by atoms with E-state index >= 15 is 0 Å². The van der Waals surface area contributed by atoms with Crippen LogP contribution in [0.15, 0.2) is 48.7 Å². The maximum absolute atomic E-state index is 13.1. The standard InChI is InChI=1S/C24H32N4O4/c1-15(2)13-18(22(30)28-19-23(31)32-14-24(19,3)4)27-21(29)17-11-8-12-25-20(17)26-16-9-6-5-7-10-16/h5-12,15,18-19,23,31H,13-14H2,1-4H3,(H,25,26)(H,27,29)(H,28,30)/t18?,19-,23+/m1/s1. The molecule has 1 aliphatic heterocycles. The highest BCUT2D eigenvalue weighted by atomic mass is 16.6. The number of nitrogens with one attached hydrogen (secondary N) is 3. The molecule has 172 valence electrons. The highest BCUT2D eigenvalue weighted by Crippen LogP contribution is 2.31. The molecule has 2 amide bonds. The van der Waals surface area contributed by atoms with Crippen molar-refractivity contribution in [3.63, 3.8) is 0 Å². The van der Waals surface area contributed by atoms with Crippen molar-refractivity contribution < 1.29 is 19.4 Å². The molecule has 0 saturated carbocycles. The average Bonchev–Trinajstić information content (AvgIpc) is 3.00. The number of ether oxygens (including phenoxy) is 1. The fraction of sp³-hybridized carbons (Fsp3) is 0.458. The van der Waals surface area contributed by atoms with Crippen molar-refractivity contribution in [1.29, 1.82) is 0 Å². The second-order valence-corrected chi connectivity index (χ2v) is 9.22. The van der Waals surface area contributed by atoms with Crippen LogP contribution >= 0.6 is 0 Å². The van der Waals surface area contributed by atoms with Gasteiger partial charge in [-0.2, -0.15) is 0 Å². The lowest BCUT2D eigenvalue weighted by Gasteiger charge is -2.29. The SMILES string of the molecule is CC(C)CC(NC(=O)c1cccnc1Nc1ccccc1)C(=O)N[C@@H]1[C@@H](O)OCC1(C)C. The number of hydrogen-bond acceptors (Lipinski definition) is 6. The molecule has 2 heterocycles. The van der Waals surface area contributed by atoms with E-state index in [9.17, 15) is 14.7 Å². The van der Waals surface area contributed by atoms with Gasteiger partial charge in [0, 0.05) is 17.3 Å². The molecule has 4 N–H and O–H groups in total. The number of aliphatic hydroxyl groups is 1. The van der Waals surface area contributed by atoms with Crippen molar-refractivity contribution in [1.82, 2.24) is 15.6 Å². The third kappa shape index (κ3) is 5.83. The molecule has 1 fully saturated rings. The van der Waals surface area contributed by atoms with Gasteiger partial charge in [0.05, 0.1) is 18.2 Å². The number of para-hydroxylation sites is 1. The Morgan fingerprint density at radius 3 is 2.53 bits per heavy atom. The second-order valence-electron chi connectivity index (χ2n) is 9.22. The van der Waals surface area contributed by atoms with Gasteiger partial charge in [0.25, 0.3) is 5.91 Å². The van der Waals surface area contributed by atoms with Crippen molar-refractivity contribution in [2.24, 2.45) is 11.3 Å². The lowest BCUT2D eigenvalue weighted by atomic mass is 9.87. The minimum Gasteiger partial charge on any atom is -0.366 e. The van der Waals surface area contributed by atoms with Crippen LogP contribution in [0.4, 0.5) is 11.5 Å². The second kappa shape index (κ2) is 10.1. The smallest absolute Gasteiger partial charge is 0.255 e. The zero-order valence-corrected chi connectivity index (χ0v) is 19.0. The van der Waals surface area contributed by atoms with Crippen LogP contribution in [0.25, 0.3) is 0 Å². The minimum absolute atomic E-state index is 0.166. The van der Waals surface area contributed by atoms with E-state index in [4.69, 9.17) is 4.74 Å². The number of nitrogens with zero attached hydrogens (tertiary/aromatic N) is 1. The third-order valence-corrected chi connectivity index (χ3v) is 5.47. The zero-order valence-electron chi connectivity index (χ0n) is 19.0. The molecule has 0 radical (unpaired) electrons. The normalized spacial score (nSPS) is 20.6. The number of amides is 2. The van der Waals surface area contributed by atoms with Crippen LogP contribution in [-0.4, -0.2) is 46.9 Å². The van der Waals surface area contributed by atoms with Crippen molar-refractivity contribution in [2.45, 2.75) is 52.5 Å². The summed E-state index contributed by atoms with van der Waals surface area (Å²) in [5.74, 6) is -0.184. The summed E-state index contributed by atoms with van der Waals surface area (Å²) < 4.78 is 5.30. The monoisotopic (exact) mass is 440 g/mol. The first kappa shape index (κ1) is 23.7. The van der Waals surface area contributed by atoms with Gasteiger partial charge in [-0.05, 0) is 36.6 Å². The Morgan fingerprint density at radius 2 is 1.91 bits per heavy atom. The van der Waals surface area contributed by atoms with Gasteiger partial charge in [-0.25, -0.2) is 4.98 Å². The fourth-order valence-electron chi connectivity index (χ4n) is 3.68. The molecular weight excluding hydrogens is 408 g/mol. The van der Waals surface area contributed by atoms with E-state index in [1.165, 1.54) is 0 Å². The highest BCUT2D eigenvalue weighted by Gasteiger charge is 2.44. The van der Waals surface area contributed by atoms with Crippen LogP contribution in [0.2, 0.25) is 0 Å². The molecule has 1 aliphatic rings. The Labute approximate surface area is 188 Å². The van der Waals surface area contributed by atoms with Crippen LogP contribution in [-0.2, 0) is 9.53 Å². The van der Waals surface area contributed by atoms with Crippen LogP contribution in [0.3, 0.4) is 0 Å². The number of carbonyl (C=O) groups is 2. The van der Waals surface area contributed by atoms with E-state index < -0.39 is 29.7 Å². The van der Waals surface area contributed by atoms with Gasteiger partial charge in [-0.1, -0.05) is 45.9 Å². The van der Waals surface area contributed by atoms with E-state index in [2.05, 4.69) is 20.9 Å². The lowest BCUT2D eigenvalue weighted by molar-refractivity contribution is -0.128. The summed E-state index contributed by atoms with van der Waals surface area (Å²) in [5.41, 5.74) is 0.717. The molecule has 1 aromatic carbocycles. The predicted octanol–water partition coefficient (Wildman–Crippen LogP) is 2.83. The van der Waals surface area contributed by atoms with Gasteiger partial charge in [-0.15, -0.1) is 0 Å². The Hall–Kier alpha value is -2.97. The molecule has 8 nitrogen and oxygen atoms in total. The minimum atomic E-state index is -1.08. The van der Waals surface area contributed by atoms with Gasteiger partial charge < -0.3 is 25.8 Å². The van der Waals surface area contributed by atoms with E-state index in [1.807, 2.05) is 58.0 Å². The average molecular weight is 441 g/mol. The molecular formula is C24H32N4O4. The van der Waals surface area contributed by atoms with E-state index in [-0.39, 0.29) is 11.8 Å². The van der Waals surface area contributed by atoms with Crippen molar-refractivity contribution in [3.8, 4) is 0 Å². The number of aromatic nitrogens is 1. The quantitative estimate of drug-likeness (QED) is 0.502. The van der Waals surface area contributed by atoms with Crippen molar-refractivity contribution in [3.05, 3.63) is 54.2 Å². The van der Waals surface area contributed by atoms with Gasteiger partial charge in [0.2, 0.25) is 5.91 Å². The number of aliphatic hydroxyl groups excluding tert-OH is 1. The van der Waals surface area contributed by atoms with E-state index in [0.29, 0.717) is 24.4 Å². The number of carbonyl (C=O) groups excluding carboxylic acids is 2. The maximum atomic E-state index is 13.1. The van der Waals surface area contributed by atoms with Crippen LogP contribution in [0, 0.1) is 11.3 Å². The summed E-state index contributed by atoms with van der Waals surface area (Å²) in [6, 6.07) is 11.4. The molecule has 1 saturated heterocycles. The molecule has 0 aliphatic carbocycles. The number of pyridine rings is 1. The van der Waals surface area contributed by atoms with Gasteiger partial charge in [0.1, 0.15) is 11.9 Å². The molecule has 3 rings (SSSR count). The van der Waals surface area contributed by atoms with E-state index in [0.717, 1.165) is 5.69 Å².